The van der Waals surface area contributed by atoms with Gasteiger partial charge < -0.3 is 19.4 Å². The number of hydrogen-bond acceptors (Lipinski definition) is 4. The zero-order valence-corrected chi connectivity index (χ0v) is 13.0. The lowest BCUT2D eigenvalue weighted by molar-refractivity contribution is 0.396. The number of aromatic nitrogens is 2. The van der Waals surface area contributed by atoms with E-state index in [0.717, 1.165) is 52.8 Å². The van der Waals surface area contributed by atoms with Gasteiger partial charge in [0.1, 0.15) is 27.5 Å². The highest BCUT2D eigenvalue weighted by Crippen LogP contribution is 2.39. The average molecular weight is 338 g/mol. The van der Waals surface area contributed by atoms with E-state index in [1.165, 1.54) is 0 Å². The zero-order chi connectivity index (χ0) is 14.1. The Kier molecular flexibility index (Phi) is 3.67. The van der Waals surface area contributed by atoms with E-state index in [0.29, 0.717) is 0 Å². The number of fused-ring (bicyclic) bond motifs is 1. The predicted octanol–water partition coefficient (Wildman–Crippen LogP) is 2.43. The molecule has 1 aromatic carbocycles. The Bertz CT molecular complexity index is 617. The predicted molar refractivity (Wildman–Crippen MR) is 80.2 cm³/mol. The van der Waals surface area contributed by atoms with Gasteiger partial charge in [0.05, 0.1) is 19.9 Å². The van der Waals surface area contributed by atoms with E-state index in [-0.39, 0.29) is 0 Å². The smallest absolute Gasteiger partial charge is 0.149 e. The molecule has 0 radical (unpaired) electrons. The molecule has 0 spiro atoms. The van der Waals surface area contributed by atoms with Crippen LogP contribution in [0.25, 0.3) is 11.4 Å². The maximum absolute atomic E-state index is 5.48. The third kappa shape index (κ3) is 2.09. The van der Waals surface area contributed by atoms with Gasteiger partial charge in [0.15, 0.2) is 0 Å². The molecule has 0 saturated carbocycles. The molecular formula is C14H16BrN3O2. The Morgan fingerprint density at radius 1 is 1.25 bits per heavy atom. The topological polar surface area (TPSA) is 48.3 Å². The van der Waals surface area contributed by atoms with Crippen molar-refractivity contribution < 1.29 is 9.47 Å². The Hall–Kier alpha value is -1.53. The molecule has 0 fully saturated rings. The van der Waals surface area contributed by atoms with Crippen molar-refractivity contribution >= 4 is 15.9 Å². The van der Waals surface area contributed by atoms with Gasteiger partial charge in [-0.25, -0.2) is 4.98 Å². The lowest BCUT2D eigenvalue weighted by atomic mass is 10.1. The van der Waals surface area contributed by atoms with E-state index in [4.69, 9.17) is 9.47 Å². The van der Waals surface area contributed by atoms with Gasteiger partial charge in [-0.2, -0.15) is 0 Å². The van der Waals surface area contributed by atoms with Crippen LogP contribution in [0.15, 0.2) is 22.8 Å². The summed E-state index contributed by atoms with van der Waals surface area (Å²) >= 11 is 3.54. The van der Waals surface area contributed by atoms with Crippen LogP contribution in [0.2, 0.25) is 0 Å². The Labute approximate surface area is 126 Å². The number of halogens is 1. The van der Waals surface area contributed by atoms with Gasteiger partial charge >= 0.3 is 0 Å². The van der Waals surface area contributed by atoms with E-state index < -0.39 is 0 Å². The first-order valence-corrected chi connectivity index (χ1v) is 7.22. The Balaban J connectivity index is 2.23. The zero-order valence-electron chi connectivity index (χ0n) is 11.4. The van der Waals surface area contributed by atoms with E-state index in [1.807, 2.05) is 18.2 Å². The molecule has 0 bridgehead atoms. The molecule has 1 aliphatic rings. The summed E-state index contributed by atoms with van der Waals surface area (Å²) in [4.78, 5) is 4.66. The number of nitrogens with zero attached hydrogens (tertiary/aromatic N) is 2. The minimum atomic E-state index is 0.767. The van der Waals surface area contributed by atoms with E-state index in [1.54, 1.807) is 14.2 Å². The van der Waals surface area contributed by atoms with Gasteiger partial charge in [0.2, 0.25) is 0 Å². The number of hydrogen-bond donors (Lipinski definition) is 1. The van der Waals surface area contributed by atoms with Gasteiger partial charge in [0, 0.05) is 19.6 Å². The highest BCUT2D eigenvalue weighted by atomic mass is 79.9. The molecule has 1 N–H and O–H groups in total. The number of nitrogens with one attached hydrogen (secondary N) is 1. The maximum Gasteiger partial charge on any atom is 0.149 e. The highest BCUT2D eigenvalue weighted by molar-refractivity contribution is 9.10. The van der Waals surface area contributed by atoms with Crippen molar-refractivity contribution in [3.05, 3.63) is 28.5 Å². The van der Waals surface area contributed by atoms with Crippen LogP contribution in [0.4, 0.5) is 0 Å². The van der Waals surface area contributed by atoms with Crippen molar-refractivity contribution in [1.82, 2.24) is 14.9 Å². The molecule has 0 amide bonds. The van der Waals surface area contributed by atoms with Gasteiger partial charge in [-0.05, 0) is 28.1 Å². The molecule has 2 aromatic rings. The molecule has 20 heavy (non-hydrogen) atoms. The number of rotatable bonds is 3. The summed E-state index contributed by atoms with van der Waals surface area (Å²) in [6.45, 7) is 2.62. The Morgan fingerprint density at radius 3 is 2.60 bits per heavy atom. The summed E-state index contributed by atoms with van der Waals surface area (Å²) in [6.07, 6.45) is 0. The van der Waals surface area contributed by atoms with E-state index >= 15 is 0 Å². The van der Waals surface area contributed by atoms with Crippen molar-refractivity contribution in [2.45, 2.75) is 13.1 Å². The monoisotopic (exact) mass is 337 g/mol. The number of imidazole rings is 1. The molecule has 5 nitrogen and oxygen atoms in total. The van der Waals surface area contributed by atoms with Crippen LogP contribution < -0.4 is 14.8 Å². The Morgan fingerprint density at radius 2 is 1.95 bits per heavy atom. The summed E-state index contributed by atoms with van der Waals surface area (Å²) in [7, 11) is 3.32. The third-order valence-corrected chi connectivity index (χ3v) is 4.11. The normalized spacial score (nSPS) is 13.9. The SMILES string of the molecule is COc1cccc(OC)c1-c1nc(Br)c2n1CCNC2. The van der Waals surface area contributed by atoms with Crippen LogP contribution in [-0.2, 0) is 13.1 Å². The summed E-state index contributed by atoms with van der Waals surface area (Å²) in [5, 5.41) is 3.35. The van der Waals surface area contributed by atoms with Crippen LogP contribution in [0.5, 0.6) is 11.5 Å². The highest BCUT2D eigenvalue weighted by Gasteiger charge is 2.24. The fourth-order valence-electron chi connectivity index (χ4n) is 2.53. The van der Waals surface area contributed by atoms with Crippen LogP contribution >= 0.6 is 15.9 Å². The fourth-order valence-corrected chi connectivity index (χ4v) is 3.05. The van der Waals surface area contributed by atoms with Crippen LogP contribution in [0.1, 0.15) is 5.69 Å². The van der Waals surface area contributed by atoms with Crippen molar-refractivity contribution in [2.75, 3.05) is 20.8 Å². The van der Waals surface area contributed by atoms with Crippen LogP contribution in [-0.4, -0.2) is 30.3 Å². The molecule has 3 rings (SSSR count). The maximum atomic E-state index is 5.48. The van der Waals surface area contributed by atoms with Gasteiger partial charge in [-0.15, -0.1) is 0 Å². The standard InChI is InChI=1S/C14H16BrN3O2/c1-19-10-4-3-5-11(20-2)12(10)14-17-13(15)9-8-16-6-7-18(9)14/h3-5,16H,6-8H2,1-2H3. The average Bonchev–Trinajstić information content (AvgIpc) is 2.83. The molecule has 1 aromatic heterocycles. The quantitative estimate of drug-likeness (QED) is 0.934. The third-order valence-electron chi connectivity index (χ3n) is 3.48. The molecule has 0 atom stereocenters. The summed E-state index contributed by atoms with van der Waals surface area (Å²) < 4.78 is 14.0. The summed E-state index contributed by atoms with van der Waals surface area (Å²) in [5.74, 6) is 2.41. The first kappa shape index (κ1) is 13.5. The van der Waals surface area contributed by atoms with Crippen molar-refractivity contribution in [1.29, 1.82) is 0 Å². The molecule has 0 aliphatic carbocycles. The number of ether oxygens (including phenoxy) is 2. The second-order valence-corrected chi connectivity index (χ2v) is 5.29. The molecule has 0 saturated heterocycles. The van der Waals surface area contributed by atoms with Crippen molar-refractivity contribution in [3.8, 4) is 22.9 Å². The van der Waals surface area contributed by atoms with Gasteiger partial charge in [-0.3, -0.25) is 0 Å². The van der Waals surface area contributed by atoms with Crippen LogP contribution in [0, 0.1) is 0 Å². The summed E-state index contributed by atoms with van der Waals surface area (Å²) in [6, 6.07) is 5.76. The first-order chi connectivity index (χ1) is 9.76. The first-order valence-electron chi connectivity index (χ1n) is 6.43. The molecule has 106 valence electrons. The van der Waals surface area contributed by atoms with E-state index in [9.17, 15) is 0 Å². The fraction of sp³-hybridized carbons (Fsp3) is 0.357. The largest absolute Gasteiger partial charge is 0.496 e. The van der Waals surface area contributed by atoms with Gasteiger partial charge in [0.25, 0.3) is 0 Å². The number of methoxy groups -OCH3 is 2. The van der Waals surface area contributed by atoms with E-state index in [2.05, 4.69) is 30.8 Å². The number of benzene rings is 1. The second kappa shape index (κ2) is 5.46. The molecule has 0 unspecified atom stereocenters. The van der Waals surface area contributed by atoms with Crippen LogP contribution in [0.3, 0.4) is 0 Å². The lowest BCUT2D eigenvalue weighted by Crippen LogP contribution is -2.28. The molecule has 6 heteroatoms. The minimum absolute atomic E-state index is 0.767. The molecule has 1 aliphatic heterocycles. The lowest BCUT2D eigenvalue weighted by Gasteiger charge is -2.19. The van der Waals surface area contributed by atoms with Gasteiger partial charge in [-0.1, -0.05) is 6.07 Å². The molecular weight excluding hydrogens is 322 g/mol. The van der Waals surface area contributed by atoms with Crippen molar-refractivity contribution in [2.24, 2.45) is 0 Å². The minimum Gasteiger partial charge on any atom is -0.496 e. The summed E-state index contributed by atoms with van der Waals surface area (Å²) in [5.41, 5.74) is 2.05. The molecule has 2 heterocycles. The second-order valence-electron chi connectivity index (χ2n) is 4.54. The van der Waals surface area contributed by atoms with Crippen molar-refractivity contribution in [3.63, 3.8) is 0 Å².